The minimum absolute atomic E-state index is 0.693. The number of benzene rings is 1. The first-order valence-corrected chi connectivity index (χ1v) is 4.97. The van der Waals surface area contributed by atoms with Gasteiger partial charge >= 0.3 is 10.1 Å². The number of hydrogen-bond acceptors (Lipinski definition) is 3. The van der Waals surface area contributed by atoms with Gasteiger partial charge in [-0.1, -0.05) is 0 Å². The number of hydrogen-bond donors (Lipinski definition) is 0. The molecule has 0 amide bonds. The van der Waals surface area contributed by atoms with Crippen LogP contribution in [0, 0.1) is 17.7 Å². The van der Waals surface area contributed by atoms with Crippen LogP contribution < -0.4 is 4.18 Å². The van der Waals surface area contributed by atoms with Gasteiger partial charge in [-0.25, -0.2) is 8.78 Å². The van der Waals surface area contributed by atoms with E-state index in [2.05, 4.69) is 4.18 Å². The maximum absolute atomic E-state index is 12.7. The highest BCUT2D eigenvalue weighted by molar-refractivity contribution is 7.86. The molecule has 6 heteroatoms. The molecule has 0 fully saturated rings. The van der Waals surface area contributed by atoms with Gasteiger partial charge < -0.3 is 4.18 Å². The van der Waals surface area contributed by atoms with E-state index < -0.39 is 27.5 Å². The summed E-state index contributed by atoms with van der Waals surface area (Å²) in [6.45, 7) is 0. The van der Waals surface area contributed by atoms with E-state index in [1.54, 1.807) is 0 Å². The van der Waals surface area contributed by atoms with E-state index in [0.29, 0.717) is 6.26 Å². The highest BCUT2D eigenvalue weighted by Gasteiger charge is 2.14. The third kappa shape index (κ3) is 2.66. The molecule has 0 aliphatic rings. The van der Waals surface area contributed by atoms with Crippen molar-refractivity contribution in [2.24, 2.45) is 0 Å². The lowest BCUT2D eigenvalue weighted by Gasteiger charge is -2.03. The molecule has 13 heavy (non-hydrogen) atoms. The van der Waals surface area contributed by atoms with Crippen molar-refractivity contribution in [3.05, 3.63) is 29.8 Å². The molecule has 0 bridgehead atoms. The van der Waals surface area contributed by atoms with Crippen molar-refractivity contribution in [2.75, 3.05) is 6.26 Å². The smallest absolute Gasteiger partial charge is 0.306 e. The molecule has 0 atom stereocenters. The molecular weight excluding hydrogens is 202 g/mol. The van der Waals surface area contributed by atoms with Gasteiger partial charge in [0, 0.05) is 6.07 Å². The number of rotatable bonds is 2. The van der Waals surface area contributed by atoms with E-state index in [4.69, 9.17) is 0 Å². The first-order valence-electron chi connectivity index (χ1n) is 3.15. The van der Waals surface area contributed by atoms with Crippen LogP contribution in [0.5, 0.6) is 5.75 Å². The zero-order valence-corrected chi connectivity index (χ0v) is 7.36. The second-order valence-electron chi connectivity index (χ2n) is 2.26. The lowest BCUT2D eigenvalue weighted by Crippen LogP contribution is -2.08. The average Bonchev–Trinajstić information content (AvgIpc) is 1.95. The van der Waals surface area contributed by atoms with Crippen LogP contribution in [0.1, 0.15) is 0 Å². The normalized spacial score (nSPS) is 11.3. The molecule has 1 rings (SSSR count). The maximum atomic E-state index is 12.7. The summed E-state index contributed by atoms with van der Waals surface area (Å²) >= 11 is 0. The summed E-state index contributed by atoms with van der Waals surface area (Å²) in [7, 11) is -3.92. The molecule has 0 saturated carbocycles. The lowest BCUT2D eigenvalue weighted by atomic mass is 10.3. The van der Waals surface area contributed by atoms with Crippen molar-refractivity contribution in [1.29, 1.82) is 0 Å². The zero-order chi connectivity index (χ0) is 10.1. The Morgan fingerprint density at radius 1 is 1.46 bits per heavy atom. The monoisotopic (exact) mass is 207 g/mol. The Morgan fingerprint density at radius 3 is 2.54 bits per heavy atom. The molecule has 0 N–H and O–H groups in total. The molecule has 0 aliphatic carbocycles. The summed E-state index contributed by atoms with van der Waals surface area (Å²) in [5.41, 5.74) is 0. The molecule has 3 nitrogen and oxygen atoms in total. The first-order chi connectivity index (χ1) is 5.90. The molecule has 0 aromatic heterocycles. The standard InChI is InChI=1S/C7H5F2O3S/c1-13(10,11)12-7-5(8)3-2-4-6(7)9/h2-3H,1H3. The van der Waals surface area contributed by atoms with Gasteiger partial charge in [0.05, 0.1) is 6.26 Å². The molecule has 1 aromatic carbocycles. The summed E-state index contributed by atoms with van der Waals surface area (Å²) in [4.78, 5) is 0. The summed E-state index contributed by atoms with van der Waals surface area (Å²) in [6, 6.07) is 3.80. The van der Waals surface area contributed by atoms with Crippen LogP contribution in [-0.4, -0.2) is 14.7 Å². The fourth-order valence-electron chi connectivity index (χ4n) is 0.662. The summed E-state index contributed by atoms with van der Waals surface area (Å²) in [6.07, 6.45) is 0.693. The predicted molar refractivity (Wildman–Crippen MR) is 40.7 cm³/mol. The molecule has 0 heterocycles. The molecule has 71 valence electrons. The van der Waals surface area contributed by atoms with Gasteiger partial charge in [-0.15, -0.1) is 0 Å². The molecule has 1 radical (unpaired) electrons. The Balaban J connectivity index is 3.15. The van der Waals surface area contributed by atoms with E-state index in [9.17, 15) is 17.2 Å². The van der Waals surface area contributed by atoms with Crippen molar-refractivity contribution >= 4 is 10.1 Å². The van der Waals surface area contributed by atoms with Gasteiger partial charge in [0.2, 0.25) is 5.75 Å². The van der Waals surface area contributed by atoms with Crippen molar-refractivity contribution in [2.45, 2.75) is 0 Å². The van der Waals surface area contributed by atoms with E-state index in [0.717, 1.165) is 12.1 Å². The molecule has 0 unspecified atom stereocenters. The van der Waals surface area contributed by atoms with Crippen LogP contribution in [0.4, 0.5) is 8.78 Å². The van der Waals surface area contributed by atoms with Gasteiger partial charge in [0.25, 0.3) is 0 Å². The Bertz CT molecular complexity index is 393. The third-order valence-electron chi connectivity index (χ3n) is 1.09. The van der Waals surface area contributed by atoms with Crippen LogP contribution in [0.3, 0.4) is 0 Å². The Kier molecular flexibility index (Phi) is 2.51. The zero-order valence-electron chi connectivity index (χ0n) is 6.54. The maximum Gasteiger partial charge on any atom is 0.306 e. The van der Waals surface area contributed by atoms with Crippen molar-refractivity contribution in [3.8, 4) is 5.75 Å². The third-order valence-corrected chi connectivity index (χ3v) is 1.56. The van der Waals surface area contributed by atoms with Crippen LogP contribution in [0.2, 0.25) is 0 Å². The Hall–Kier alpha value is -1.17. The van der Waals surface area contributed by atoms with Crippen LogP contribution in [0.25, 0.3) is 0 Å². The van der Waals surface area contributed by atoms with Gasteiger partial charge in [-0.2, -0.15) is 8.42 Å². The topological polar surface area (TPSA) is 43.4 Å². The minimum Gasteiger partial charge on any atom is -0.376 e. The molecule has 0 aliphatic heterocycles. The minimum atomic E-state index is -3.92. The van der Waals surface area contributed by atoms with E-state index in [-0.39, 0.29) is 0 Å². The highest BCUT2D eigenvalue weighted by Crippen LogP contribution is 2.21. The Morgan fingerprint density at radius 2 is 2.08 bits per heavy atom. The van der Waals surface area contributed by atoms with Gasteiger partial charge in [0.15, 0.2) is 11.6 Å². The van der Waals surface area contributed by atoms with Gasteiger partial charge in [0.1, 0.15) is 0 Å². The fraction of sp³-hybridized carbons (Fsp3) is 0.143. The summed E-state index contributed by atoms with van der Waals surface area (Å²) in [5, 5.41) is 0. The van der Waals surface area contributed by atoms with Gasteiger partial charge in [-0.3, -0.25) is 0 Å². The van der Waals surface area contributed by atoms with Crippen LogP contribution >= 0.6 is 0 Å². The second kappa shape index (κ2) is 3.29. The van der Waals surface area contributed by atoms with Crippen molar-refractivity contribution < 1.29 is 21.4 Å². The fourth-order valence-corrected chi connectivity index (χ4v) is 1.12. The van der Waals surface area contributed by atoms with Gasteiger partial charge in [-0.05, 0) is 12.1 Å². The first kappa shape index (κ1) is 9.91. The largest absolute Gasteiger partial charge is 0.376 e. The van der Waals surface area contributed by atoms with Crippen molar-refractivity contribution in [3.63, 3.8) is 0 Å². The SMILES string of the molecule is CS(=O)(=O)Oc1c(F)[c]ccc1F. The van der Waals surface area contributed by atoms with E-state index >= 15 is 0 Å². The van der Waals surface area contributed by atoms with Crippen LogP contribution in [-0.2, 0) is 10.1 Å². The predicted octanol–water partition coefficient (Wildman–Crippen LogP) is 1.10. The molecule has 0 spiro atoms. The van der Waals surface area contributed by atoms with Crippen LogP contribution in [0.15, 0.2) is 12.1 Å². The average molecular weight is 207 g/mol. The molecule has 1 aromatic rings. The van der Waals surface area contributed by atoms with E-state index in [1.165, 1.54) is 0 Å². The number of halogens is 2. The van der Waals surface area contributed by atoms with E-state index in [1.807, 2.05) is 6.07 Å². The summed E-state index contributed by atoms with van der Waals surface area (Å²) in [5.74, 6) is -3.21. The quantitative estimate of drug-likeness (QED) is 0.682. The lowest BCUT2D eigenvalue weighted by molar-refractivity contribution is 0.437. The second-order valence-corrected chi connectivity index (χ2v) is 3.83. The molecular formula is C7H5F2O3S. The molecule has 0 saturated heterocycles. The summed E-state index contributed by atoms with van der Waals surface area (Å²) < 4.78 is 50.6. The van der Waals surface area contributed by atoms with Crippen molar-refractivity contribution in [1.82, 2.24) is 0 Å². The Labute approximate surface area is 74.1 Å². The highest BCUT2D eigenvalue weighted by atomic mass is 32.2.